The van der Waals surface area contributed by atoms with E-state index in [1.54, 1.807) is 6.07 Å². The number of amides is 1. The van der Waals surface area contributed by atoms with E-state index in [-0.39, 0.29) is 23.3 Å². The number of hydrogen-bond acceptors (Lipinski definition) is 3. The molecule has 2 aromatic carbocycles. The molecule has 0 aromatic heterocycles. The van der Waals surface area contributed by atoms with Crippen molar-refractivity contribution in [1.29, 1.82) is 0 Å². The predicted molar refractivity (Wildman–Crippen MR) is 90.6 cm³/mol. The van der Waals surface area contributed by atoms with Crippen LogP contribution in [-0.4, -0.2) is 24.1 Å². The molecule has 5 nitrogen and oxygen atoms in total. The molecule has 124 valence electrons. The number of rotatable bonds is 5. The number of carbonyl (C=O) groups is 2. The van der Waals surface area contributed by atoms with Gasteiger partial charge in [-0.25, -0.2) is 4.79 Å². The normalized spacial score (nSPS) is 18.8. The third-order valence-electron chi connectivity index (χ3n) is 4.30. The van der Waals surface area contributed by atoms with Gasteiger partial charge in [-0.2, -0.15) is 0 Å². The van der Waals surface area contributed by atoms with Gasteiger partial charge < -0.3 is 15.2 Å². The Morgan fingerprint density at radius 1 is 1.21 bits per heavy atom. The number of benzene rings is 2. The summed E-state index contributed by atoms with van der Waals surface area (Å²) in [6.45, 7) is 2.04. The molecule has 1 fully saturated rings. The van der Waals surface area contributed by atoms with E-state index in [2.05, 4.69) is 11.4 Å². The van der Waals surface area contributed by atoms with Crippen molar-refractivity contribution in [3.63, 3.8) is 0 Å². The van der Waals surface area contributed by atoms with Crippen LogP contribution in [0.15, 0.2) is 42.5 Å². The second kappa shape index (κ2) is 6.35. The minimum Gasteiger partial charge on any atom is -0.495 e. The molecule has 0 unspecified atom stereocenters. The molecular formula is C19H19NO4. The highest BCUT2D eigenvalue weighted by atomic mass is 16.5. The van der Waals surface area contributed by atoms with Gasteiger partial charge in [0.25, 0.3) is 0 Å². The summed E-state index contributed by atoms with van der Waals surface area (Å²) in [7, 11) is 1.45. The maximum Gasteiger partial charge on any atom is 0.335 e. The van der Waals surface area contributed by atoms with E-state index < -0.39 is 5.97 Å². The van der Waals surface area contributed by atoms with E-state index in [1.165, 1.54) is 30.4 Å². The molecule has 0 saturated heterocycles. The number of aromatic carboxylic acids is 1. The van der Waals surface area contributed by atoms with Crippen LogP contribution in [0.25, 0.3) is 0 Å². The van der Waals surface area contributed by atoms with Crippen molar-refractivity contribution in [3.05, 3.63) is 59.2 Å². The van der Waals surface area contributed by atoms with Crippen LogP contribution in [0, 0.1) is 12.8 Å². The quantitative estimate of drug-likeness (QED) is 0.883. The zero-order chi connectivity index (χ0) is 17.3. The zero-order valence-electron chi connectivity index (χ0n) is 13.6. The lowest BCUT2D eigenvalue weighted by molar-refractivity contribution is -0.117. The number of aryl methyl sites for hydroxylation is 1. The molecule has 1 amide bonds. The number of carboxylic acids is 1. The van der Waals surface area contributed by atoms with Gasteiger partial charge >= 0.3 is 5.97 Å². The van der Waals surface area contributed by atoms with Crippen LogP contribution in [0.2, 0.25) is 0 Å². The van der Waals surface area contributed by atoms with Crippen molar-refractivity contribution in [2.24, 2.45) is 5.92 Å². The van der Waals surface area contributed by atoms with Crippen LogP contribution in [0.5, 0.6) is 5.75 Å². The standard InChI is InChI=1S/C19H19NO4/c1-11-4-3-5-12(8-11)14-10-15(14)18(21)20-16-7-6-13(19(22)23)9-17(16)24-2/h3-9,14-15H,10H2,1-2H3,(H,20,21)(H,22,23)/t14-,15+/m0/s1. The summed E-state index contributed by atoms with van der Waals surface area (Å²) in [5.74, 6) is -0.573. The largest absolute Gasteiger partial charge is 0.495 e. The Balaban J connectivity index is 1.71. The number of carboxylic acid groups (broad SMARTS) is 1. The van der Waals surface area contributed by atoms with E-state index in [0.29, 0.717) is 11.4 Å². The first kappa shape index (κ1) is 16.1. The van der Waals surface area contributed by atoms with Gasteiger partial charge in [-0.1, -0.05) is 29.8 Å². The Morgan fingerprint density at radius 2 is 2.00 bits per heavy atom. The van der Waals surface area contributed by atoms with E-state index in [1.807, 2.05) is 25.1 Å². The molecule has 0 aliphatic heterocycles. The highest BCUT2D eigenvalue weighted by Crippen LogP contribution is 2.48. The molecule has 1 aliphatic carbocycles. The number of hydrogen-bond donors (Lipinski definition) is 2. The summed E-state index contributed by atoms with van der Waals surface area (Å²) in [4.78, 5) is 23.5. The Kier molecular flexibility index (Phi) is 4.25. The summed E-state index contributed by atoms with van der Waals surface area (Å²) < 4.78 is 5.19. The lowest BCUT2D eigenvalue weighted by atomic mass is 10.1. The highest BCUT2D eigenvalue weighted by molar-refractivity contribution is 5.97. The van der Waals surface area contributed by atoms with Crippen molar-refractivity contribution < 1.29 is 19.4 Å². The van der Waals surface area contributed by atoms with Crippen LogP contribution >= 0.6 is 0 Å². The van der Waals surface area contributed by atoms with Gasteiger partial charge in [0.1, 0.15) is 5.75 Å². The first-order valence-corrected chi connectivity index (χ1v) is 7.78. The maximum absolute atomic E-state index is 12.4. The van der Waals surface area contributed by atoms with Crippen molar-refractivity contribution in [1.82, 2.24) is 0 Å². The fraction of sp³-hybridized carbons (Fsp3) is 0.263. The van der Waals surface area contributed by atoms with E-state index in [4.69, 9.17) is 9.84 Å². The third-order valence-corrected chi connectivity index (χ3v) is 4.30. The Hall–Kier alpha value is -2.82. The van der Waals surface area contributed by atoms with Gasteiger partial charge in [0.15, 0.2) is 0 Å². The number of nitrogens with one attached hydrogen (secondary N) is 1. The first-order chi connectivity index (χ1) is 11.5. The van der Waals surface area contributed by atoms with E-state index in [9.17, 15) is 9.59 Å². The summed E-state index contributed by atoms with van der Waals surface area (Å²) in [6.07, 6.45) is 0.824. The molecule has 0 bridgehead atoms. The number of carbonyl (C=O) groups excluding carboxylic acids is 1. The molecule has 1 aliphatic rings. The lowest BCUT2D eigenvalue weighted by Gasteiger charge is -2.11. The topological polar surface area (TPSA) is 75.6 Å². The number of anilines is 1. The summed E-state index contributed by atoms with van der Waals surface area (Å²) >= 11 is 0. The third kappa shape index (κ3) is 3.25. The Morgan fingerprint density at radius 3 is 2.67 bits per heavy atom. The summed E-state index contributed by atoms with van der Waals surface area (Å²) in [5, 5.41) is 11.9. The molecule has 2 aromatic rings. The van der Waals surface area contributed by atoms with Gasteiger partial charge in [-0.15, -0.1) is 0 Å². The molecule has 2 N–H and O–H groups in total. The Labute approximate surface area is 140 Å². The molecule has 2 atom stereocenters. The van der Waals surface area contributed by atoms with Crippen LogP contribution in [0.1, 0.15) is 33.8 Å². The molecule has 0 spiro atoms. The van der Waals surface area contributed by atoms with Crippen LogP contribution in [0.3, 0.4) is 0 Å². The zero-order valence-corrected chi connectivity index (χ0v) is 13.6. The van der Waals surface area contributed by atoms with Gasteiger partial charge in [0.05, 0.1) is 18.4 Å². The predicted octanol–water partition coefficient (Wildman–Crippen LogP) is 3.44. The molecule has 3 rings (SSSR count). The second-order valence-corrected chi connectivity index (χ2v) is 6.07. The van der Waals surface area contributed by atoms with Gasteiger partial charge in [0.2, 0.25) is 5.91 Å². The molecule has 5 heteroatoms. The van der Waals surface area contributed by atoms with Crippen molar-refractivity contribution in [2.75, 3.05) is 12.4 Å². The second-order valence-electron chi connectivity index (χ2n) is 6.07. The average molecular weight is 325 g/mol. The van der Waals surface area contributed by atoms with E-state index in [0.717, 1.165) is 6.42 Å². The SMILES string of the molecule is COc1cc(C(=O)O)ccc1NC(=O)[C@@H]1C[C@H]1c1cccc(C)c1. The fourth-order valence-corrected chi connectivity index (χ4v) is 2.91. The smallest absolute Gasteiger partial charge is 0.335 e. The van der Waals surface area contributed by atoms with Crippen LogP contribution < -0.4 is 10.1 Å². The van der Waals surface area contributed by atoms with Gasteiger partial charge in [-0.3, -0.25) is 4.79 Å². The lowest BCUT2D eigenvalue weighted by Crippen LogP contribution is -2.15. The highest BCUT2D eigenvalue weighted by Gasteiger charge is 2.44. The average Bonchev–Trinajstić information content (AvgIpc) is 3.35. The van der Waals surface area contributed by atoms with Crippen LogP contribution in [0.4, 0.5) is 5.69 Å². The number of ether oxygens (including phenoxy) is 1. The van der Waals surface area contributed by atoms with Crippen LogP contribution in [-0.2, 0) is 4.79 Å². The molecule has 0 radical (unpaired) electrons. The number of methoxy groups -OCH3 is 1. The molecule has 24 heavy (non-hydrogen) atoms. The van der Waals surface area contributed by atoms with E-state index >= 15 is 0 Å². The minimum atomic E-state index is -1.03. The first-order valence-electron chi connectivity index (χ1n) is 7.78. The van der Waals surface area contributed by atoms with Gasteiger partial charge in [-0.05, 0) is 43.0 Å². The molecular weight excluding hydrogens is 306 g/mol. The summed E-state index contributed by atoms with van der Waals surface area (Å²) in [6, 6.07) is 12.6. The maximum atomic E-state index is 12.4. The Bertz CT molecular complexity index is 800. The molecule has 1 saturated carbocycles. The fourth-order valence-electron chi connectivity index (χ4n) is 2.91. The monoisotopic (exact) mass is 325 g/mol. The van der Waals surface area contributed by atoms with Crippen molar-refractivity contribution in [3.8, 4) is 5.75 Å². The minimum absolute atomic E-state index is 0.0596. The summed E-state index contributed by atoms with van der Waals surface area (Å²) in [5.41, 5.74) is 2.98. The van der Waals surface area contributed by atoms with Gasteiger partial charge in [0, 0.05) is 5.92 Å². The molecule has 0 heterocycles. The van der Waals surface area contributed by atoms with Crippen molar-refractivity contribution >= 4 is 17.6 Å². The van der Waals surface area contributed by atoms with Crippen molar-refractivity contribution in [2.45, 2.75) is 19.3 Å².